The summed E-state index contributed by atoms with van der Waals surface area (Å²) in [6.07, 6.45) is 1.18. The number of aromatic nitrogens is 3. The van der Waals surface area contributed by atoms with Crippen molar-refractivity contribution >= 4 is 12.6 Å². The van der Waals surface area contributed by atoms with E-state index >= 15 is 0 Å². The minimum absolute atomic E-state index is 0.118. The summed E-state index contributed by atoms with van der Waals surface area (Å²) in [5.41, 5.74) is 5.99. The molecule has 0 saturated carbocycles. The molecule has 0 amide bonds. The third-order valence-electron chi connectivity index (χ3n) is 6.45. The van der Waals surface area contributed by atoms with Crippen molar-refractivity contribution < 1.29 is 9.26 Å². The second kappa shape index (κ2) is 8.56. The Morgan fingerprint density at radius 2 is 1.91 bits per heavy atom. The molecule has 7 heteroatoms. The largest absolute Gasteiger partial charge is 0.495 e. The van der Waals surface area contributed by atoms with Gasteiger partial charge in [-0.25, -0.2) is 0 Å². The molecule has 0 N–H and O–H groups in total. The summed E-state index contributed by atoms with van der Waals surface area (Å²) in [4.78, 5) is 17.9. The highest BCUT2D eigenvalue weighted by Gasteiger charge is 2.38. The molecule has 2 aromatic heterocycles. The maximum Gasteiger partial charge on any atom is 0.252 e. The summed E-state index contributed by atoms with van der Waals surface area (Å²) in [7, 11) is 1.64. The molecule has 0 bridgehead atoms. The highest BCUT2D eigenvalue weighted by atomic mass is 32.1. The quantitative estimate of drug-likeness (QED) is 0.422. The van der Waals surface area contributed by atoms with Crippen LogP contribution in [0.5, 0.6) is 5.75 Å². The topological polar surface area (TPSA) is 70.2 Å². The average Bonchev–Trinajstić information content (AvgIpc) is 3.43. The van der Waals surface area contributed by atoms with Crippen molar-refractivity contribution in [3.8, 4) is 17.1 Å². The maximum absolute atomic E-state index is 13.3. The van der Waals surface area contributed by atoms with Crippen molar-refractivity contribution in [1.29, 1.82) is 0 Å². The molecule has 1 aliphatic heterocycles. The summed E-state index contributed by atoms with van der Waals surface area (Å²) in [5, 5.41) is 3.94. The molecule has 33 heavy (non-hydrogen) atoms. The van der Waals surface area contributed by atoms with Crippen LogP contribution in [0.4, 0.5) is 0 Å². The van der Waals surface area contributed by atoms with Gasteiger partial charge in [-0.15, -0.1) is 0 Å². The van der Waals surface area contributed by atoms with Crippen LogP contribution in [0.1, 0.15) is 51.6 Å². The van der Waals surface area contributed by atoms with Crippen LogP contribution >= 0.6 is 12.6 Å². The van der Waals surface area contributed by atoms with Crippen LogP contribution in [-0.2, 0) is 6.42 Å². The first-order valence-electron chi connectivity index (χ1n) is 10.9. The zero-order valence-electron chi connectivity index (χ0n) is 18.8. The fourth-order valence-electron chi connectivity index (χ4n) is 4.60. The number of ether oxygens (including phenoxy) is 1. The Labute approximate surface area is 197 Å². The van der Waals surface area contributed by atoms with Crippen LogP contribution in [0.2, 0.25) is 0 Å². The van der Waals surface area contributed by atoms with Crippen molar-refractivity contribution in [2.45, 2.75) is 38.0 Å². The second-order valence-corrected chi connectivity index (χ2v) is 9.05. The third kappa shape index (κ3) is 3.76. The molecule has 1 aliphatic rings. The van der Waals surface area contributed by atoms with Crippen LogP contribution < -0.4 is 10.3 Å². The highest BCUT2D eigenvalue weighted by molar-refractivity contribution is 7.80. The lowest BCUT2D eigenvalue weighted by Crippen LogP contribution is -2.25. The van der Waals surface area contributed by atoms with E-state index in [2.05, 4.69) is 36.1 Å². The monoisotopic (exact) mass is 459 g/mol. The Morgan fingerprint density at radius 3 is 2.67 bits per heavy atom. The Kier molecular flexibility index (Phi) is 5.58. The van der Waals surface area contributed by atoms with Gasteiger partial charge in [0.15, 0.2) is 0 Å². The first kappa shape index (κ1) is 21.5. The van der Waals surface area contributed by atoms with Gasteiger partial charge in [0.1, 0.15) is 11.8 Å². The van der Waals surface area contributed by atoms with Gasteiger partial charge in [0.05, 0.1) is 12.8 Å². The van der Waals surface area contributed by atoms with E-state index in [1.807, 2.05) is 36.4 Å². The molecule has 4 aromatic rings. The molecule has 0 spiro atoms. The van der Waals surface area contributed by atoms with Gasteiger partial charge in [-0.05, 0) is 37.0 Å². The molecule has 0 fully saturated rings. The zero-order valence-corrected chi connectivity index (χ0v) is 19.7. The smallest absolute Gasteiger partial charge is 0.252 e. The Balaban J connectivity index is 1.57. The lowest BCUT2D eigenvalue weighted by Gasteiger charge is -2.18. The van der Waals surface area contributed by atoms with Gasteiger partial charge < -0.3 is 9.26 Å². The molecular weight excluding hydrogens is 434 g/mol. The first-order valence-corrected chi connectivity index (χ1v) is 11.4. The standard InChI is InChI=1S/C26H25N3O3S/c1-15-8-7-11-18(16(15)2)12-19-13-22(30)29-20(14-21(33)23(29)24(19)31-3)26-27-25(28-32-26)17-9-5-4-6-10-17/h4-11,13,20-21,33H,12,14H2,1-3H3/t20-,21?/m1/s1. The fourth-order valence-corrected chi connectivity index (χ4v) is 5.04. The first-order chi connectivity index (χ1) is 16.0. The van der Waals surface area contributed by atoms with Crippen LogP contribution in [0.25, 0.3) is 11.4 Å². The van der Waals surface area contributed by atoms with Gasteiger partial charge in [-0.3, -0.25) is 9.36 Å². The lowest BCUT2D eigenvalue weighted by atomic mass is 9.96. The van der Waals surface area contributed by atoms with E-state index in [0.717, 1.165) is 16.8 Å². The molecule has 5 rings (SSSR count). The van der Waals surface area contributed by atoms with Crippen molar-refractivity contribution in [3.05, 3.63) is 98.8 Å². The van der Waals surface area contributed by atoms with Crippen LogP contribution in [0.15, 0.2) is 63.9 Å². The van der Waals surface area contributed by atoms with Crippen molar-refractivity contribution in [3.63, 3.8) is 0 Å². The number of hydrogen-bond donors (Lipinski definition) is 1. The SMILES string of the molecule is COc1c(Cc2cccc(C)c2C)cc(=O)n2c1C(S)C[C@@H]2c1nc(-c2ccccc2)no1. The summed E-state index contributed by atoms with van der Waals surface area (Å²) in [6, 6.07) is 17.1. The van der Waals surface area contributed by atoms with Gasteiger partial charge in [0, 0.05) is 28.9 Å². The number of rotatable bonds is 5. The highest BCUT2D eigenvalue weighted by Crippen LogP contribution is 2.45. The van der Waals surface area contributed by atoms with Crippen LogP contribution in [0.3, 0.4) is 0 Å². The number of fused-ring (bicyclic) bond motifs is 1. The van der Waals surface area contributed by atoms with E-state index in [1.165, 1.54) is 16.7 Å². The minimum Gasteiger partial charge on any atom is -0.495 e. The molecular formula is C26H25N3O3S. The number of pyridine rings is 1. The molecule has 6 nitrogen and oxygen atoms in total. The average molecular weight is 460 g/mol. The molecule has 168 valence electrons. The van der Waals surface area contributed by atoms with Gasteiger partial charge in [0.2, 0.25) is 11.7 Å². The van der Waals surface area contributed by atoms with Crippen LogP contribution in [-0.4, -0.2) is 21.8 Å². The number of nitrogens with zero attached hydrogens (tertiary/aromatic N) is 3. The summed E-state index contributed by atoms with van der Waals surface area (Å²) < 4.78 is 13.1. The van der Waals surface area contributed by atoms with E-state index in [0.29, 0.717) is 30.3 Å². The van der Waals surface area contributed by atoms with Gasteiger partial charge in [-0.1, -0.05) is 53.7 Å². The van der Waals surface area contributed by atoms with E-state index < -0.39 is 0 Å². The number of hydrogen-bond acceptors (Lipinski definition) is 6. The summed E-state index contributed by atoms with van der Waals surface area (Å²) in [6.45, 7) is 4.20. The van der Waals surface area contributed by atoms with Crippen molar-refractivity contribution in [2.24, 2.45) is 0 Å². The van der Waals surface area contributed by atoms with Crippen molar-refractivity contribution in [1.82, 2.24) is 14.7 Å². The molecule has 0 aliphatic carbocycles. The molecule has 0 saturated heterocycles. The Bertz CT molecular complexity index is 1380. The maximum atomic E-state index is 13.3. The molecule has 1 unspecified atom stereocenters. The summed E-state index contributed by atoms with van der Waals surface area (Å²) in [5.74, 6) is 1.60. The van der Waals surface area contributed by atoms with Gasteiger partial charge in [-0.2, -0.15) is 17.6 Å². The lowest BCUT2D eigenvalue weighted by molar-refractivity contribution is 0.337. The predicted octanol–water partition coefficient (Wildman–Crippen LogP) is 5.08. The molecule has 3 heterocycles. The number of thiol groups is 1. The van der Waals surface area contributed by atoms with E-state index in [9.17, 15) is 4.79 Å². The zero-order chi connectivity index (χ0) is 23.1. The number of methoxy groups -OCH3 is 1. The van der Waals surface area contributed by atoms with E-state index in [-0.39, 0.29) is 16.9 Å². The molecule has 2 atom stereocenters. The normalized spacial score (nSPS) is 17.2. The fraction of sp³-hybridized carbons (Fsp3) is 0.269. The number of aryl methyl sites for hydroxylation is 1. The third-order valence-corrected chi connectivity index (χ3v) is 6.91. The minimum atomic E-state index is -0.386. The second-order valence-electron chi connectivity index (χ2n) is 8.42. The Hall–Kier alpha value is -3.32. The van der Waals surface area contributed by atoms with Gasteiger partial charge in [0.25, 0.3) is 5.56 Å². The predicted molar refractivity (Wildman–Crippen MR) is 130 cm³/mol. The molecule has 2 aromatic carbocycles. The Morgan fingerprint density at radius 1 is 1.12 bits per heavy atom. The van der Waals surface area contributed by atoms with Crippen molar-refractivity contribution in [2.75, 3.05) is 7.11 Å². The number of benzene rings is 2. The van der Waals surface area contributed by atoms with Crippen LogP contribution in [0, 0.1) is 13.8 Å². The summed E-state index contributed by atoms with van der Waals surface area (Å²) >= 11 is 4.81. The van der Waals surface area contributed by atoms with Gasteiger partial charge >= 0.3 is 0 Å². The van der Waals surface area contributed by atoms with E-state index in [4.69, 9.17) is 21.9 Å². The molecule has 0 radical (unpaired) electrons. The van der Waals surface area contributed by atoms with E-state index in [1.54, 1.807) is 17.7 Å².